The van der Waals surface area contributed by atoms with Crippen LogP contribution in [0.5, 0.6) is 0 Å². The van der Waals surface area contributed by atoms with Gasteiger partial charge in [-0.2, -0.15) is 0 Å². The molecule has 1 saturated heterocycles. The maximum Gasteiger partial charge on any atom is 0.317 e. The van der Waals surface area contributed by atoms with Crippen molar-refractivity contribution >= 4 is 6.03 Å². The van der Waals surface area contributed by atoms with Crippen LogP contribution in [0.15, 0.2) is 0 Å². The first-order chi connectivity index (χ1) is 11.3. The van der Waals surface area contributed by atoms with Crippen molar-refractivity contribution in [3.05, 3.63) is 11.6 Å². The first-order valence-electron chi connectivity index (χ1n) is 8.94. The maximum atomic E-state index is 12.0. The van der Waals surface area contributed by atoms with E-state index in [1.54, 1.807) is 0 Å². The second-order valence-electron chi connectivity index (χ2n) is 6.49. The van der Waals surface area contributed by atoms with Gasteiger partial charge in [0.2, 0.25) is 0 Å². The fourth-order valence-electron chi connectivity index (χ4n) is 3.32. The maximum absolute atomic E-state index is 12.0. The molecular weight excluding hydrogens is 292 g/mol. The van der Waals surface area contributed by atoms with Crippen LogP contribution in [-0.4, -0.2) is 63.3 Å². The smallest absolute Gasteiger partial charge is 0.317 e. The molecule has 7 heteroatoms. The number of aryl methyl sites for hydroxylation is 1. The van der Waals surface area contributed by atoms with Gasteiger partial charge in [-0.1, -0.05) is 13.3 Å². The third kappa shape index (κ3) is 4.02. The summed E-state index contributed by atoms with van der Waals surface area (Å²) in [4.78, 5) is 16.3. The minimum absolute atomic E-state index is 0.0721. The molecule has 1 aromatic heterocycles. The summed E-state index contributed by atoms with van der Waals surface area (Å²) < 4.78 is 2.31. The van der Waals surface area contributed by atoms with Crippen molar-refractivity contribution in [3.63, 3.8) is 0 Å². The van der Waals surface area contributed by atoms with Gasteiger partial charge in [-0.05, 0) is 19.3 Å². The lowest BCUT2D eigenvalue weighted by atomic mass is 10.2. The summed E-state index contributed by atoms with van der Waals surface area (Å²) in [6, 6.07) is 0.0721. The second kappa shape index (κ2) is 7.77. The van der Waals surface area contributed by atoms with Crippen LogP contribution in [0.3, 0.4) is 0 Å². The van der Waals surface area contributed by atoms with E-state index in [9.17, 15) is 4.79 Å². The minimum Gasteiger partial charge on any atom is -0.338 e. The molecular formula is C16H28N6O. The molecule has 23 heavy (non-hydrogen) atoms. The van der Waals surface area contributed by atoms with E-state index >= 15 is 0 Å². The molecule has 3 heterocycles. The molecule has 0 bridgehead atoms. The number of aromatic nitrogens is 3. The van der Waals surface area contributed by atoms with Crippen molar-refractivity contribution in [3.8, 4) is 0 Å². The molecule has 2 aliphatic rings. The average Bonchev–Trinajstić information content (AvgIpc) is 2.81. The summed E-state index contributed by atoms with van der Waals surface area (Å²) in [5.41, 5.74) is 0. The average molecular weight is 320 g/mol. The van der Waals surface area contributed by atoms with Gasteiger partial charge in [0.25, 0.3) is 0 Å². The molecule has 2 aliphatic heterocycles. The summed E-state index contributed by atoms with van der Waals surface area (Å²) in [5, 5.41) is 11.7. The summed E-state index contributed by atoms with van der Waals surface area (Å²) in [6.45, 7) is 8.11. The van der Waals surface area contributed by atoms with Crippen molar-refractivity contribution < 1.29 is 4.79 Å². The molecule has 1 N–H and O–H groups in total. The molecule has 2 amide bonds. The summed E-state index contributed by atoms with van der Waals surface area (Å²) >= 11 is 0. The Kier molecular flexibility index (Phi) is 5.48. The molecule has 0 saturated carbocycles. The number of nitrogens with one attached hydrogen (secondary N) is 1. The van der Waals surface area contributed by atoms with Crippen LogP contribution in [0.1, 0.15) is 44.3 Å². The van der Waals surface area contributed by atoms with E-state index in [2.05, 4.69) is 31.9 Å². The van der Waals surface area contributed by atoms with Crippen LogP contribution >= 0.6 is 0 Å². The van der Waals surface area contributed by atoms with Crippen LogP contribution in [0.25, 0.3) is 0 Å². The number of carbonyl (C=O) groups is 1. The Balaban J connectivity index is 1.51. The Morgan fingerprint density at radius 1 is 1.09 bits per heavy atom. The Morgan fingerprint density at radius 2 is 1.91 bits per heavy atom. The topological polar surface area (TPSA) is 66.3 Å². The highest BCUT2D eigenvalue weighted by atomic mass is 16.2. The van der Waals surface area contributed by atoms with E-state index in [1.165, 1.54) is 19.3 Å². The number of urea groups is 1. The van der Waals surface area contributed by atoms with Crippen molar-refractivity contribution in [1.82, 2.24) is 29.9 Å². The second-order valence-corrected chi connectivity index (χ2v) is 6.49. The molecule has 0 aliphatic carbocycles. The zero-order chi connectivity index (χ0) is 16.1. The van der Waals surface area contributed by atoms with E-state index in [1.807, 2.05) is 4.90 Å². The molecule has 0 spiro atoms. The lowest BCUT2D eigenvalue weighted by molar-refractivity contribution is 0.132. The molecule has 0 aromatic carbocycles. The number of hydrogen-bond acceptors (Lipinski definition) is 4. The number of rotatable bonds is 4. The first-order valence-corrected chi connectivity index (χ1v) is 8.94. The van der Waals surface area contributed by atoms with E-state index in [0.29, 0.717) is 0 Å². The van der Waals surface area contributed by atoms with E-state index in [0.717, 1.165) is 70.3 Å². The van der Waals surface area contributed by atoms with E-state index < -0.39 is 0 Å². The molecule has 0 radical (unpaired) electrons. The summed E-state index contributed by atoms with van der Waals surface area (Å²) in [5.74, 6) is 2.24. The standard InChI is InChI=1S/C16H28N6O/c1-2-7-17-16(23)21-11-9-20(10-12-21)13-15-19-18-14-6-4-3-5-8-22(14)15/h2-13H2,1H3,(H,17,23). The molecule has 128 valence electrons. The number of fused-ring (bicyclic) bond motifs is 1. The van der Waals surface area contributed by atoms with E-state index in [-0.39, 0.29) is 6.03 Å². The van der Waals surface area contributed by atoms with Crippen LogP contribution in [0.4, 0.5) is 4.79 Å². The predicted octanol–water partition coefficient (Wildman–Crippen LogP) is 1.24. The fraction of sp³-hybridized carbons (Fsp3) is 0.812. The van der Waals surface area contributed by atoms with Crippen molar-refractivity contribution in [2.75, 3.05) is 32.7 Å². The van der Waals surface area contributed by atoms with Crippen LogP contribution in [-0.2, 0) is 19.5 Å². The lowest BCUT2D eigenvalue weighted by Crippen LogP contribution is -2.51. The molecule has 1 fully saturated rings. The van der Waals surface area contributed by atoms with Crippen molar-refractivity contribution in [2.45, 2.75) is 52.1 Å². The SMILES string of the molecule is CCCNC(=O)N1CCN(Cc2nnc3n2CCCCC3)CC1. The van der Waals surface area contributed by atoms with Gasteiger partial charge >= 0.3 is 6.03 Å². The fourth-order valence-corrected chi connectivity index (χ4v) is 3.32. The molecule has 0 unspecified atom stereocenters. The monoisotopic (exact) mass is 320 g/mol. The summed E-state index contributed by atoms with van der Waals surface area (Å²) in [7, 11) is 0. The van der Waals surface area contributed by atoms with Crippen molar-refractivity contribution in [2.24, 2.45) is 0 Å². The number of nitrogens with zero attached hydrogens (tertiary/aromatic N) is 5. The van der Waals surface area contributed by atoms with Gasteiger partial charge in [0.15, 0.2) is 0 Å². The predicted molar refractivity (Wildman–Crippen MR) is 88.1 cm³/mol. The Bertz CT molecular complexity index is 521. The lowest BCUT2D eigenvalue weighted by Gasteiger charge is -2.34. The van der Waals surface area contributed by atoms with Gasteiger partial charge in [0.05, 0.1) is 6.54 Å². The van der Waals surface area contributed by atoms with Gasteiger partial charge in [-0.25, -0.2) is 4.79 Å². The van der Waals surface area contributed by atoms with Gasteiger partial charge in [-0.15, -0.1) is 10.2 Å². The van der Waals surface area contributed by atoms with Crippen LogP contribution in [0.2, 0.25) is 0 Å². The normalized spacial score (nSPS) is 19.3. The quantitative estimate of drug-likeness (QED) is 0.906. The number of piperazine rings is 1. The Labute approximate surface area is 138 Å². The highest BCUT2D eigenvalue weighted by Crippen LogP contribution is 2.16. The Hall–Kier alpha value is -1.63. The third-order valence-corrected chi connectivity index (χ3v) is 4.74. The number of carbonyl (C=O) groups excluding carboxylic acids is 1. The molecule has 3 rings (SSSR count). The highest BCUT2D eigenvalue weighted by molar-refractivity contribution is 5.74. The molecule has 1 aromatic rings. The minimum atomic E-state index is 0.0721. The van der Waals surface area contributed by atoms with Crippen LogP contribution < -0.4 is 5.32 Å². The zero-order valence-electron chi connectivity index (χ0n) is 14.1. The summed E-state index contributed by atoms with van der Waals surface area (Å²) in [6.07, 6.45) is 5.77. The van der Waals surface area contributed by atoms with Crippen LogP contribution in [0, 0.1) is 0 Å². The van der Waals surface area contributed by atoms with Gasteiger partial charge in [0.1, 0.15) is 11.6 Å². The molecule has 0 atom stereocenters. The van der Waals surface area contributed by atoms with Gasteiger partial charge in [-0.3, -0.25) is 4.90 Å². The Morgan fingerprint density at radius 3 is 2.70 bits per heavy atom. The highest BCUT2D eigenvalue weighted by Gasteiger charge is 2.23. The first kappa shape index (κ1) is 16.2. The van der Waals surface area contributed by atoms with Gasteiger partial charge in [0, 0.05) is 45.7 Å². The third-order valence-electron chi connectivity index (χ3n) is 4.74. The van der Waals surface area contributed by atoms with Gasteiger partial charge < -0.3 is 14.8 Å². The molecule has 7 nitrogen and oxygen atoms in total. The largest absolute Gasteiger partial charge is 0.338 e. The zero-order valence-corrected chi connectivity index (χ0v) is 14.1. The van der Waals surface area contributed by atoms with E-state index in [4.69, 9.17) is 0 Å². The van der Waals surface area contributed by atoms with Crippen molar-refractivity contribution in [1.29, 1.82) is 0 Å². The number of hydrogen-bond donors (Lipinski definition) is 1. The number of amides is 2.